The van der Waals surface area contributed by atoms with Gasteiger partial charge in [0.15, 0.2) is 0 Å². The summed E-state index contributed by atoms with van der Waals surface area (Å²) in [6.07, 6.45) is 1.14. The van der Waals surface area contributed by atoms with Crippen LogP contribution in [0.1, 0.15) is 53.8 Å². The highest BCUT2D eigenvalue weighted by Gasteiger charge is 2.25. The Bertz CT molecular complexity index is 2200. The monoisotopic (exact) mass is 811 g/mol. The van der Waals surface area contributed by atoms with Gasteiger partial charge in [0, 0.05) is 54.8 Å². The van der Waals surface area contributed by atoms with E-state index in [-0.39, 0.29) is 13.0 Å². The van der Waals surface area contributed by atoms with Gasteiger partial charge in [0.2, 0.25) is 5.91 Å². The number of halogens is 1. The Kier molecular flexibility index (Phi) is 13.8. The molecule has 14 heteroatoms. The minimum atomic E-state index is -1.19. The first-order valence-corrected chi connectivity index (χ1v) is 23.1. The van der Waals surface area contributed by atoms with Gasteiger partial charge in [0.25, 0.3) is 5.91 Å². The van der Waals surface area contributed by atoms with Gasteiger partial charge in [-0.1, -0.05) is 48.0 Å². The van der Waals surface area contributed by atoms with E-state index in [4.69, 9.17) is 26.2 Å². The van der Waals surface area contributed by atoms with Crippen LogP contribution in [0.4, 0.5) is 10.5 Å². The Labute approximate surface area is 341 Å². The van der Waals surface area contributed by atoms with E-state index in [1.165, 1.54) is 10.9 Å². The summed E-state index contributed by atoms with van der Waals surface area (Å²) in [5, 5.41) is 18.0. The van der Waals surface area contributed by atoms with Crippen LogP contribution in [0.15, 0.2) is 79.0 Å². The number of carbonyl (C=O) groups excluding carboxylic acids is 3. The molecule has 0 unspecified atom stereocenters. The molecule has 0 saturated carbocycles. The molecule has 0 aliphatic heterocycles. The molecular weight excluding hydrogens is 758 g/mol. The van der Waals surface area contributed by atoms with Crippen LogP contribution >= 0.6 is 11.6 Å². The number of ether oxygens (including phenoxy) is 2. The highest BCUT2D eigenvalue weighted by molar-refractivity contribution is 6.76. The number of amides is 3. The number of carbonyl (C=O) groups is 3. The van der Waals surface area contributed by atoms with Crippen LogP contribution in [-0.4, -0.2) is 63.8 Å². The molecule has 0 spiro atoms. The summed E-state index contributed by atoms with van der Waals surface area (Å²) in [7, 11) is 0.472. The molecule has 0 aliphatic rings. The third-order valence-electron chi connectivity index (χ3n) is 9.27. The summed E-state index contributed by atoms with van der Waals surface area (Å²) in [5.41, 5.74) is 7.43. The van der Waals surface area contributed by atoms with E-state index in [1.807, 2.05) is 100.0 Å². The molecule has 0 aliphatic carbocycles. The van der Waals surface area contributed by atoms with Crippen molar-refractivity contribution in [2.75, 3.05) is 11.9 Å². The number of rotatable bonds is 15. The third-order valence-corrected chi connectivity index (χ3v) is 11.3. The molecule has 3 amide bonds. The molecule has 57 heavy (non-hydrogen) atoms. The molecule has 2 heterocycles. The Morgan fingerprint density at radius 1 is 0.930 bits per heavy atom. The molecule has 0 fully saturated rings. The van der Waals surface area contributed by atoms with Gasteiger partial charge in [-0.25, -0.2) is 9.48 Å². The molecule has 303 valence electrons. The Hall–Kier alpha value is -5.24. The van der Waals surface area contributed by atoms with Crippen molar-refractivity contribution >= 4 is 43.3 Å². The highest BCUT2D eigenvalue weighted by atomic mass is 35.5. The van der Waals surface area contributed by atoms with E-state index >= 15 is 0 Å². The number of benzene rings is 3. The first kappa shape index (κ1) is 42.9. The van der Waals surface area contributed by atoms with Crippen LogP contribution in [0.25, 0.3) is 22.3 Å². The maximum absolute atomic E-state index is 14.0. The van der Waals surface area contributed by atoms with Crippen LogP contribution in [0.3, 0.4) is 0 Å². The van der Waals surface area contributed by atoms with Crippen LogP contribution < -0.4 is 16.0 Å². The second-order valence-electron chi connectivity index (χ2n) is 16.4. The summed E-state index contributed by atoms with van der Waals surface area (Å²) in [6, 6.07) is 22.6. The van der Waals surface area contributed by atoms with E-state index in [2.05, 4.69) is 40.7 Å². The molecule has 3 aromatic carbocycles. The van der Waals surface area contributed by atoms with E-state index in [1.54, 1.807) is 19.2 Å². The fourth-order valence-electron chi connectivity index (χ4n) is 6.24. The van der Waals surface area contributed by atoms with E-state index in [0.717, 1.165) is 45.2 Å². The second-order valence-corrected chi connectivity index (χ2v) is 22.4. The number of aromatic nitrogens is 4. The maximum Gasteiger partial charge on any atom is 0.407 e. The van der Waals surface area contributed by atoms with Crippen molar-refractivity contribution in [2.24, 2.45) is 7.05 Å². The summed E-state index contributed by atoms with van der Waals surface area (Å²) in [5.74, 6) is -0.860. The van der Waals surface area contributed by atoms with Crippen molar-refractivity contribution < 1.29 is 23.9 Å². The van der Waals surface area contributed by atoms with E-state index in [0.29, 0.717) is 35.3 Å². The largest absolute Gasteiger partial charge is 0.444 e. The summed E-state index contributed by atoms with van der Waals surface area (Å²) in [6.45, 7) is 17.8. The number of nitrogens with zero attached hydrogens (tertiary/aromatic N) is 4. The van der Waals surface area contributed by atoms with Gasteiger partial charge in [0.1, 0.15) is 24.1 Å². The molecule has 0 radical (unpaired) electrons. The minimum absolute atomic E-state index is 0.109. The van der Waals surface area contributed by atoms with Crippen LogP contribution in [0, 0.1) is 13.8 Å². The third kappa shape index (κ3) is 12.1. The first-order valence-electron chi connectivity index (χ1n) is 19.0. The fraction of sp³-hybridized carbons (Fsp3) is 0.372. The van der Waals surface area contributed by atoms with E-state index < -0.39 is 37.6 Å². The SMILES string of the molecule is Cc1nn(COCC[Si-](C)(C)C)c(C)c1-c1ccc(NC(=O)[C@H](Cc2cc(-c3cccc(CNC(=O)OC(C)(C)C)c3)ccc2Cl)NC(=O)c2ccnn2C)cc1. The van der Waals surface area contributed by atoms with Crippen LogP contribution in [0.5, 0.6) is 0 Å². The van der Waals surface area contributed by atoms with E-state index in [9.17, 15) is 14.4 Å². The number of hydrogen-bond donors (Lipinski definition) is 3. The fourth-order valence-corrected chi connectivity index (χ4v) is 7.19. The van der Waals surface area contributed by atoms with Gasteiger partial charge in [-0.2, -0.15) is 29.8 Å². The zero-order chi connectivity index (χ0) is 41.5. The second kappa shape index (κ2) is 18.3. The van der Waals surface area contributed by atoms with Gasteiger partial charge >= 0.3 is 6.09 Å². The summed E-state index contributed by atoms with van der Waals surface area (Å²) in [4.78, 5) is 39.7. The molecule has 12 nitrogen and oxygen atoms in total. The first-order chi connectivity index (χ1) is 26.9. The molecule has 1 atom stereocenters. The van der Waals surface area contributed by atoms with Gasteiger partial charge in [-0.3, -0.25) is 14.3 Å². The lowest BCUT2D eigenvalue weighted by atomic mass is 9.97. The molecule has 3 N–H and O–H groups in total. The maximum atomic E-state index is 14.0. The molecule has 0 bridgehead atoms. The molecule has 5 rings (SSSR count). The standard InChI is InChI=1S/C43H54ClN7O5Si/c1-28-39(29(2)51(49-28)27-55-21-22-57(7,8)9)31-13-16-35(17-14-31)47-40(52)37(48-41(53)38-19-20-46-50(38)6)25-34-24-33(15-18-36(34)44)32-12-10-11-30(23-32)26-45-42(54)56-43(3,4)5/h10-20,23-24,37H,21-22,25-27H2,1-9H3,(H,45,54)(H,47,52)(H,48,53)/q-1/t37-/m0/s1. The molecular formula is C43H54ClN7O5Si-. The molecule has 5 aromatic rings. The average Bonchev–Trinajstić information content (AvgIpc) is 3.70. The number of anilines is 1. The van der Waals surface area contributed by atoms with Crippen molar-refractivity contribution in [3.8, 4) is 22.3 Å². The topological polar surface area (TPSA) is 141 Å². The van der Waals surface area contributed by atoms with Crippen molar-refractivity contribution in [1.29, 1.82) is 0 Å². The molecule has 0 saturated heterocycles. The van der Waals surface area contributed by atoms with Gasteiger partial charge in [-0.05, 0) is 98.8 Å². The Balaban J connectivity index is 1.33. The minimum Gasteiger partial charge on any atom is -0.444 e. The van der Waals surface area contributed by atoms with Crippen molar-refractivity contribution in [3.05, 3.63) is 112 Å². The normalized spacial score (nSPS) is 12.2. The zero-order valence-electron chi connectivity index (χ0n) is 34.3. The smallest absolute Gasteiger partial charge is 0.407 e. The zero-order valence-corrected chi connectivity index (χ0v) is 36.1. The number of alkyl carbamates (subject to hydrolysis) is 1. The summed E-state index contributed by atoms with van der Waals surface area (Å²) < 4.78 is 14.7. The lowest BCUT2D eigenvalue weighted by molar-refractivity contribution is -0.118. The lowest BCUT2D eigenvalue weighted by Crippen LogP contribution is -2.45. The highest BCUT2D eigenvalue weighted by Crippen LogP contribution is 2.30. The van der Waals surface area contributed by atoms with Crippen molar-refractivity contribution in [3.63, 3.8) is 0 Å². The van der Waals surface area contributed by atoms with Crippen LogP contribution in [0.2, 0.25) is 30.7 Å². The predicted molar refractivity (Wildman–Crippen MR) is 228 cm³/mol. The number of hydrogen-bond acceptors (Lipinski definition) is 7. The predicted octanol–water partition coefficient (Wildman–Crippen LogP) is 8.54. The molecule has 2 aromatic heterocycles. The quantitative estimate of drug-likeness (QED) is 0.0711. The van der Waals surface area contributed by atoms with Crippen LogP contribution in [-0.2, 0) is 41.0 Å². The van der Waals surface area contributed by atoms with Gasteiger partial charge < -0.3 is 25.4 Å². The average molecular weight is 812 g/mol. The van der Waals surface area contributed by atoms with Gasteiger partial charge in [-0.15, -0.1) is 14.1 Å². The van der Waals surface area contributed by atoms with Gasteiger partial charge in [0.05, 0.1) is 5.69 Å². The summed E-state index contributed by atoms with van der Waals surface area (Å²) >= 11 is 6.75. The lowest BCUT2D eigenvalue weighted by Gasteiger charge is -2.26. The number of aryl methyl sites for hydroxylation is 2. The Morgan fingerprint density at radius 2 is 1.63 bits per heavy atom. The Morgan fingerprint density at radius 3 is 2.30 bits per heavy atom. The number of nitrogens with one attached hydrogen (secondary N) is 3. The van der Waals surface area contributed by atoms with Crippen molar-refractivity contribution in [1.82, 2.24) is 30.2 Å². The van der Waals surface area contributed by atoms with Crippen molar-refractivity contribution in [2.45, 2.75) is 91.6 Å².